The van der Waals surface area contributed by atoms with Crippen LogP contribution in [-0.2, 0) is 0 Å². The van der Waals surface area contributed by atoms with Gasteiger partial charge in [-0.2, -0.15) is 13.9 Å². The first-order valence-corrected chi connectivity index (χ1v) is 6.75. The maximum absolute atomic E-state index is 12.6. The number of aromatic nitrogens is 3. The molecule has 0 saturated carbocycles. The Morgan fingerprint density at radius 3 is 2.86 bits per heavy atom. The van der Waals surface area contributed by atoms with Crippen molar-refractivity contribution >= 4 is 17.3 Å². The van der Waals surface area contributed by atoms with Gasteiger partial charge in [0, 0.05) is 36.3 Å². The first kappa shape index (κ1) is 15.7. The summed E-state index contributed by atoms with van der Waals surface area (Å²) in [5.41, 5.74) is 1.58. The van der Waals surface area contributed by atoms with Crippen LogP contribution in [0.2, 0.25) is 5.15 Å². The first-order valence-electron chi connectivity index (χ1n) is 6.38. The SMILES string of the molecule is C[C@@H](CCO)Nc1cc(Cl)ncc1-c1ccn(C(F)F)n1. The van der Waals surface area contributed by atoms with Crippen molar-refractivity contribution in [2.75, 3.05) is 11.9 Å². The van der Waals surface area contributed by atoms with E-state index in [1.165, 1.54) is 18.5 Å². The van der Waals surface area contributed by atoms with E-state index >= 15 is 0 Å². The smallest absolute Gasteiger partial charge is 0.333 e. The zero-order chi connectivity index (χ0) is 15.4. The number of aliphatic hydroxyl groups excluding tert-OH is 1. The zero-order valence-corrected chi connectivity index (χ0v) is 12.1. The van der Waals surface area contributed by atoms with Crippen LogP contribution in [0.1, 0.15) is 19.9 Å². The minimum atomic E-state index is -2.69. The van der Waals surface area contributed by atoms with Crippen LogP contribution in [0.3, 0.4) is 0 Å². The lowest BCUT2D eigenvalue weighted by molar-refractivity contribution is 0.0568. The highest BCUT2D eigenvalue weighted by Crippen LogP contribution is 2.29. The molecule has 0 unspecified atom stereocenters. The van der Waals surface area contributed by atoms with E-state index in [-0.39, 0.29) is 17.8 Å². The Balaban J connectivity index is 2.33. The van der Waals surface area contributed by atoms with Crippen molar-refractivity contribution in [2.24, 2.45) is 0 Å². The molecule has 1 atom stereocenters. The van der Waals surface area contributed by atoms with Gasteiger partial charge in [0.2, 0.25) is 0 Å². The van der Waals surface area contributed by atoms with Gasteiger partial charge in [-0.1, -0.05) is 11.6 Å². The minimum absolute atomic E-state index is 0.00981. The molecule has 0 aliphatic rings. The number of hydrogen-bond donors (Lipinski definition) is 2. The van der Waals surface area contributed by atoms with E-state index in [1.54, 1.807) is 6.07 Å². The predicted octanol–water partition coefficient (Wildman–Crippen LogP) is 3.18. The summed E-state index contributed by atoms with van der Waals surface area (Å²) in [4.78, 5) is 3.96. The van der Waals surface area contributed by atoms with Gasteiger partial charge in [0.05, 0.1) is 5.69 Å². The van der Waals surface area contributed by atoms with Crippen LogP contribution >= 0.6 is 11.6 Å². The van der Waals surface area contributed by atoms with Crippen LogP contribution < -0.4 is 5.32 Å². The molecule has 0 bridgehead atoms. The van der Waals surface area contributed by atoms with Gasteiger partial charge in [-0.25, -0.2) is 9.67 Å². The second-order valence-electron chi connectivity index (χ2n) is 4.57. The second kappa shape index (κ2) is 6.82. The third kappa shape index (κ3) is 3.89. The van der Waals surface area contributed by atoms with Crippen molar-refractivity contribution in [1.29, 1.82) is 0 Å². The molecular weight excluding hydrogens is 302 g/mol. The average Bonchev–Trinajstić information content (AvgIpc) is 2.88. The molecule has 2 aromatic rings. The summed E-state index contributed by atoms with van der Waals surface area (Å²) in [5, 5.41) is 16.2. The summed E-state index contributed by atoms with van der Waals surface area (Å²) < 4.78 is 25.8. The fraction of sp³-hybridized carbons (Fsp3) is 0.385. The highest BCUT2D eigenvalue weighted by atomic mass is 35.5. The summed E-state index contributed by atoms with van der Waals surface area (Å²) in [7, 11) is 0. The standard InChI is InChI=1S/C13H15ClF2N4O/c1-8(3-5-21)18-11-6-12(14)17-7-9(11)10-2-4-20(19-10)13(15)16/h2,4,6-8,13,21H,3,5H2,1H3,(H,17,18)/t8-/m0/s1. The van der Waals surface area contributed by atoms with Crippen molar-refractivity contribution in [1.82, 2.24) is 14.8 Å². The molecule has 0 amide bonds. The summed E-state index contributed by atoms with van der Waals surface area (Å²) in [6.45, 7) is -0.752. The van der Waals surface area contributed by atoms with Gasteiger partial charge in [-0.15, -0.1) is 0 Å². The fourth-order valence-corrected chi connectivity index (χ4v) is 2.03. The van der Waals surface area contributed by atoms with Crippen LogP contribution in [0.25, 0.3) is 11.3 Å². The van der Waals surface area contributed by atoms with E-state index < -0.39 is 6.55 Å². The van der Waals surface area contributed by atoms with E-state index in [4.69, 9.17) is 16.7 Å². The monoisotopic (exact) mass is 316 g/mol. The summed E-state index contributed by atoms with van der Waals surface area (Å²) >= 11 is 5.87. The number of rotatable bonds is 6. The van der Waals surface area contributed by atoms with Crippen molar-refractivity contribution in [3.05, 3.63) is 29.7 Å². The highest BCUT2D eigenvalue weighted by Gasteiger charge is 2.14. The third-order valence-corrected chi connectivity index (χ3v) is 3.13. The van der Waals surface area contributed by atoms with Crippen LogP contribution in [0.5, 0.6) is 0 Å². The molecule has 0 fully saturated rings. The van der Waals surface area contributed by atoms with Gasteiger partial charge in [-0.3, -0.25) is 0 Å². The molecule has 0 spiro atoms. The zero-order valence-electron chi connectivity index (χ0n) is 11.3. The van der Waals surface area contributed by atoms with Gasteiger partial charge in [0.1, 0.15) is 5.15 Å². The Labute approximate surface area is 125 Å². The molecular formula is C13H15ClF2N4O. The molecule has 8 heteroatoms. The number of pyridine rings is 1. The van der Waals surface area contributed by atoms with Crippen molar-refractivity contribution in [3.63, 3.8) is 0 Å². The van der Waals surface area contributed by atoms with E-state index in [0.29, 0.717) is 28.0 Å². The molecule has 0 aromatic carbocycles. The van der Waals surface area contributed by atoms with Crippen LogP contribution in [-0.4, -0.2) is 32.5 Å². The number of hydrogen-bond acceptors (Lipinski definition) is 4. The molecule has 0 aliphatic carbocycles. The normalized spacial score (nSPS) is 12.7. The Morgan fingerprint density at radius 1 is 1.48 bits per heavy atom. The first-order chi connectivity index (χ1) is 10.0. The van der Waals surface area contributed by atoms with E-state index in [2.05, 4.69) is 15.4 Å². The molecule has 2 aromatic heterocycles. The van der Waals surface area contributed by atoms with E-state index in [1.807, 2.05) is 6.92 Å². The van der Waals surface area contributed by atoms with Gasteiger partial charge in [0.25, 0.3) is 0 Å². The number of alkyl halides is 2. The molecule has 114 valence electrons. The van der Waals surface area contributed by atoms with E-state index in [0.717, 1.165) is 0 Å². The lowest BCUT2D eigenvalue weighted by atomic mass is 10.1. The fourth-order valence-electron chi connectivity index (χ4n) is 1.88. The Bertz CT molecular complexity index is 606. The summed E-state index contributed by atoms with van der Waals surface area (Å²) in [5.74, 6) is 0. The summed E-state index contributed by atoms with van der Waals surface area (Å²) in [6, 6.07) is 3.08. The largest absolute Gasteiger partial charge is 0.396 e. The van der Waals surface area contributed by atoms with E-state index in [9.17, 15) is 8.78 Å². The van der Waals surface area contributed by atoms with Crippen LogP contribution in [0.4, 0.5) is 14.5 Å². The Morgan fingerprint density at radius 2 is 2.24 bits per heavy atom. The molecule has 0 radical (unpaired) electrons. The number of anilines is 1. The van der Waals surface area contributed by atoms with Gasteiger partial charge in [0.15, 0.2) is 0 Å². The molecule has 2 rings (SSSR count). The van der Waals surface area contributed by atoms with Gasteiger partial charge >= 0.3 is 6.55 Å². The molecule has 0 aliphatic heterocycles. The third-order valence-electron chi connectivity index (χ3n) is 2.92. The topological polar surface area (TPSA) is 63.0 Å². The van der Waals surface area contributed by atoms with Crippen molar-refractivity contribution < 1.29 is 13.9 Å². The lowest BCUT2D eigenvalue weighted by Crippen LogP contribution is -2.17. The lowest BCUT2D eigenvalue weighted by Gasteiger charge is -2.16. The number of halogens is 3. The maximum Gasteiger partial charge on any atom is 0.333 e. The predicted molar refractivity (Wildman–Crippen MR) is 76.5 cm³/mol. The highest BCUT2D eigenvalue weighted by molar-refractivity contribution is 6.29. The molecule has 5 nitrogen and oxygen atoms in total. The van der Waals surface area contributed by atoms with Crippen molar-refractivity contribution in [3.8, 4) is 11.3 Å². The van der Waals surface area contributed by atoms with Crippen LogP contribution in [0.15, 0.2) is 24.5 Å². The average molecular weight is 317 g/mol. The summed E-state index contributed by atoms with van der Waals surface area (Å²) in [6.07, 6.45) is 3.23. The maximum atomic E-state index is 12.6. The Kier molecular flexibility index (Phi) is 5.08. The molecule has 2 heterocycles. The molecule has 0 saturated heterocycles. The Hall–Kier alpha value is -1.73. The molecule has 21 heavy (non-hydrogen) atoms. The quantitative estimate of drug-likeness (QED) is 0.803. The van der Waals surface area contributed by atoms with Crippen molar-refractivity contribution in [2.45, 2.75) is 25.9 Å². The van der Waals surface area contributed by atoms with Gasteiger partial charge in [-0.05, 0) is 25.5 Å². The number of nitrogens with one attached hydrogen (secondary N) is 1. The molecule has 2 N–H and O–H groups in total. The number of nitrogens with zero attached hydrogens (tertiary/aromatic N) is 3. The second-order valence-corrected chi connectivity index (χ2v) is 4.96. The number of aliphatic hydroxyl groups is 1. The van der Waals surface area contributed by atoms with Crippen LogP contribution in [0, 0.1) is 0 Å². The minimum Gasteiger partial charge on any atom is -0.396 e. The van der Waals surface area contributed by atoms with Gasteiger partial charge < -0.3 is 10.4 Å².